The number of furan rings is 1. The third kappa shape index (κ3) is 6.55. The van der Waals surface area contributed by atoms with E-state index in [2.05, 4.69) is 56.0 Å². The summed E-state index contributed by atoms with van der Waals surface area (Å²) in [6, 6.07) is 2.58. The normalized spacial score (nSPS) is 12.0. The fourth-order valence-electron chi connectivity index (χ4n) is 2.11. The van der Waals surface area contributed by atoms with Gasteiger partial charge in [-0.3, -0.25) is 4.90 Å². The zero-order valence-electron chi connectivity index (χ0n) is 13.8. The van der Waals surface area contributed by atoms with Crippen molar-refractivity contribution in [2.24, 2.45) is 0 Å². The lowest BCUT2D eigenvalue weighted by Crippen LogP contribution is -2.32. The molecule has 1 aromatic rings. The molecule has 4 nitrogen and oxygen atoms in total. The Morgan fingerprint density at radius 2 is 1.95 bits per heavy atom. The third-order valence-electron chi connectivity index (χ3n) is 3.31. The summed E-state index contributed by atoms with van der Waals surface area (Å²) in [4.78, 5) is 4.70. The summed E-state index contributed by atoms with van der Waals surface area (Å²) >= 11 is 0. The predicted octanol–water partition coefficient (Wildman–Crippen LogP) is 2.55. The molecule has 0 saturated heterocycles. The second-order valence-corrected chi connectivity index (χ2v) is 5.98. The molecular weight excluding hydrogens is 250 g/mol. The van der Waals surface area contributed by atoms with Gasteiger partial charge in [0.1, 0.15) is 5.76 Å². The number of hydrogen-bond acceptors (Lipinski definition) is 4. The van der Waals surface area contributed by atoms with Gasteiger partial charge in [0, 0.05) is 31.2 Å². The van der Waals surface area contributed by atoms with E-state index in [0.717, 1.165) is 38.5 Å². The minimum Gasteiger partial charge on any atom is -0.468 e. The van der Waals surface area contributed by atoms with Gasteiger partial charge in [0.25, 0.3) is 0 Å². The largest absolute Gasteiger partial charge is 0.468 e. The minimum atomic E-state index is 0.498. The van der Waals surface area contributed by atoms with Crippen molar-refractivity contribution in [1.82, 2.24) is 15.1 Å². The molecule has 0 unspecified atom stereocenters. The van der Waals surface area contributed by atoms with Gasteiger partial charge in [-0.25, -0.2) is 0 Å². The molecule has 116 valence electrons. The van der Waals surface area contributed by atoms with Crippen molar-refractivity contribution >= 4 is 0 Å². The molecule has 1 N–H and O–H groups in total. The van der Waals surface area contributed by atoms with Crippen LogP contribution < -0.4 is 5.32 Å². The Morgan fingerprint density at radius 3 is 2.55 bits per heavy atom. The predicted molar refractivity (Wildman–Crippen MR) is 84.8 cm³/mol. The van der Waals surface area contributed by atoms with E-state index >= 15 is 0 Å². The van der Waals surface area contributed by atoms with Crippen LogP contribution in [-0.4, -0.2) is 49.6 Å². The van der Waals surface area contributed by atoms with Crippen molar-refractivity contribution in [3.8, 4) is 0 Å². The highest BCUT2D eigenvalue weighted by atomic mass is 16.3. The van der Waals surface area contributed by atoms with Gasteiger partial charge in [0.05, 0.1) is 12.8 Å². The van der Waals surface area contributed by atoms with E-state index in [-0.39, 0.29) is 0 Å². The lowest BCUT2D eigenvalue weighted by Gasteiger charge is -2.23. The number of rotatable bonds is 10. The molecule has 0 fully saturated rings. The summed E-state index contributed by atoms with van der Waals surface area (Å²) in [6.07, 6.45) is 2.98. The first kappa shape index (κ1) is 17.2. The average molecular weight is 281 g/mol. The van der Waals surface area contributed by atoms with E-state index < -0.39 is 0 Å². The zero-order chi connectivity index (χ0) is 15.0. The maximum Gasteiger partial charge on any atom is 0.122 e. The van der Waals surface area contributed by atoms with Crippen molar-refractivity contribution in [3.63, 3.8) is 0 Å². The van der Waals surface area contributed by atoms with E-state index in [0.29, 0.717) is 6.04 Å². The fourth-order valence-corrected chi connectivity index (χ4v) is 2.11. The monoisotopic (exact) mass is 281 g/mol. The molecule has 0 aromatic carbocycles. The van der Waals surface area contributed by atoms with Gasteiger partial charge in [-0.05, 0) is 33.1 Å². The highest BCUT2D eigenvalue weighted by Gasteiger charge is 2.12. The quantitative estimate of drug-likeness (QED) is 0.714. The standard InChI is InChI=1S/C16H31N3O/c1-6-8-19(10-9-18(4)5)13-16-15(7-11-20-16)12-17-14(2)3/h7,11,14,17H,6,8-10,12-13H2,1-5H3. The number of nitrogens with zero attached hydrogens (tertiary/aromatic N) is 2. The van der Waals surface area contributed by atoms with Crippen LogP contribution in [0.5, 0.6) is 0 Å². The highest BCUT2D eigenvalue weighted by molar-refractivity contribution is 5.16. The molecule has 0 aliphatic rings. The molecule has 0 radical (unpaired) electrons. The summed E-state index contributed by atoms with van der Waals surface area (Å²) in [5.41, 5.74) is 1.28. The first-order valence-corrected chi connectivity index (χ1v) is 7.68. The first-order chi connectivity index (χ1) is 9.52. The van der Waals surface area contributed by atoms with Gasteiger partial charge in [-0.15, -0.1) is 0 Å². The molecule has 0 aliphatic heterocycles. The fraction of sp³-hybridized carbons (Fsp3) is 0.750. The van der Waals surface area contributed by atoms with E-state index in [9.17, 15) is 0 Å². The van der Waals surface area contributed by atoms with Gasteiger partial charge in [-0.2, -0.15) is 0 Å². The molecule has 4 heteroatoms. The summed E-state index contributed by atoms with van der Waals surface area (Å²) in [7, 11) is 4.24. The molecule has 1 aromatic heterocycles. The van der Waals surface area contributed by atoms with Crippen LogP contribution in [0, 0.1) is 0 Å². The molecule has 0 spiro atoms. The summed E-state index contributed by atoms with van der Waals surface area (Å²) < 4.78 is 5.69. The van der Waals surface area contributed by atoms with Crippen LogP contribution in [-0.2, 0) is 13.1 Å². The van der Waals surface area contributed by atoms with Crippen molar-refractivity contribution in [2.75, 3.05) is 33.7 Å². The van der Waals surface area contributed by atoms with E-state index in [4.69, 9.17) is 4.42 Å². The van der Waals surface area contributed by atoms with Crippen LogP contribution >= 0.6 is 0 Å². The topological polar surface area (TPSA) is 31.6 Å². The van der Waals surface area contributed by atoms with Crippen molar-refractivity contribution in [3.05, 3.63) is 23.7 Å². The summed E-state index contributed by atoms with van der Waals surface area (Å²) in [5, 5.41) is 3.46. The second kappa shape index (κ2) is 9.16. The van der Waals surface area contributed by atoms with Gasteiger partial charge in [0.2, 0.25) is 0 Å². The lowest BCUT2D eigenvalue weighted by atomic mass is 10.2. The zero-order valence-corrected chi connectivity index (χ0v) is 13.8. The highest BCUT2D eigenvalue weighted by Crippen LogP contribution is 2.14. The van der Waals surface area contributed by atoms with Gasteiger partial charge < -0.3 is 14.6 Å². The smallest absolute Gasteiger partial charge is 0.122 e. The number of likely N-dealkylation sites (N-methyl/N-ethyl adjacent to an activating group) is 1. The molecule has 1 heterocycles. The van der Waals surface area contributed by atoms with Crippen molar-refractivity contribution < 1.29 is 4.42 Å². The van der Waals surface area contributed by atoms with Gasteiger partial charge in [0.15, 0.2) is 0 Å². The third-order valence-corrected chi connectivity index (χ3v) is 3.31. The number of nitrogens with one attached hydrogen (secondary N) is 1. The minimum absolute atomic E-state index is 0.498. The molecule has 0 amide bonds. The molecule has 0 atom stereocenters. The molecule has 0 bridgehead atoms. The van der Waals surface area contributed by atoms with E-state index in [1.165, 1.54) is 12.0 Å². The molecule has 0 saturated carbocycles. The maximum absolute atomic E-state index is 5.69. The van der Waals surface area contributed by atoms with Crippen LogP contribution in [0.2, 0.25) is 0 Å². The first-order valence-electron chi connectivity index (χ1n) is 7.68. The summed E-state index contributed by atoms with van der Waals surface area (Å²) in [6.45, 7) is 11.6. The van der Waals surface area contributed by atoms with Crippen LogP contribution in [0.1, 0.15) is 38.5 Å². The van der Waals surface area contributed by atoms with E-state index in [1.807, 2.05) is 6.26 Å². The Hall–Kier alpha value is -0.840. The van der Waals surface area contributed by atoms with Crippen LogP contribution in [0.25, 0.3) is 0 Å². The Kier molecular flexibility index (Phi) is 7.88. The Balaban J connectivity index is 2.56. The van der Waals surface area contributed by atoms with Crippen molar-refractivity contribution in [2.45, 2.75) is 46.3 Å². The second-order valence-electron chi connectivity index (χ2n) is 5.98. The van der Waals surface area contributed by atoms with Gasteiger partial charge >= 0.3 is 0 Å². The van der Waals surface area contributed by atoms with Crippen molar-refractivity contribution in [1.29, 1.82) is 0 Å². The molecule has 20 heavy (non-hydrogen) atoms. The Labute approximate surface area is 124 Å². The van der Waals surface area contributed by atoms with E-state index in [1.54, 1.807) is 0 Å². The molecular formula is C16H31N3O. The maximum atomic E-state index is 5.69. The number of hydrogen-bond donors (Lipinski definition) is 1. The summed E-state index contributed by atoms with van der Waals surface area (Å²) in [5.74, 6) is 1.10. The van der Waals surface area contributed by atoms with Crippen LogP contribution in [0.15, 0.2) is 16.7 Å². The Bertz CT molecular complexity index is 360. The van der Waals surface area contributed by atoms with Crippen LogP contribution in [0.3, 0.4) is 0 Å². The van der Waals surface area contributed by atoms with Gasteiger partial charge in [-0.1, -0.05) is 20.8 Å². The molecule has 0 aliphatic carbocycles. The van der Waals surface area contributed by atoms with Crippen LogP contribution in [0.4, 0.5) is 0 Å². The molecule has 1 rings (SSSR count). The lowest BCUT2D eigenvalue weighted by molar-refractivity contribution is 0.217. The Morgan fingerprint density at radius 1 is 1.20 bits per heavy atom. The SMILES string of the molecule is CCCN(CCN(C)C)Cc1occc1CNC(C)C. The average Bonchev–Trinajstić information content (AvgIpc) is 2.81.